The first-order valence-corrected chi connectivity index (χ1v) is 6.33. The largest absolute Gasteiger partial charge is 0.299 e. The van der Waals surface area contributed by atoms with Crippen LogP contribution < -0.4 is 0 Å². The van der Waals surface area contributed by atoms with E-state index in [1.165, 1.54) is 0 Å². The average molecular weight is 224 g/mol. The standard InChI is InChI=1S/C12H16O2S/c1-4-11(13)8-15(14)12-7-9(2)5-6-10(12)3/h5-7H,4,8H2,1-3H3. The molecule has 0 aromatic heterocycles. The fraction of sp³-hybridized carbons (Fsp3) is 0.417. The summed E-state index contributed by atoms with van der Waals surface area (Å²) in [6.45, 7) is 5.67. The van der Waals surface area contributed by atoms with Crippen molar-refractivity contribution in [1.82, 2.24) is 0 Å². The molecule has 0 aliphatic rings. The SMILES string of the molecule is CCC(=O)CS(=O)c1cc(C)ccc1C. The molecule has 0 aliphatic carbocycles. The first-order chi connectivity index (χ1) is 7.04. The van der Waals surface area contributed by atoms with Crippen LogP contribution in [-0.2, 0) is 15.6 Å². The van der Waals surface area contributed by atoms with Crippen LogP contribution in [0.15, 0.2) is 23.1 Å². The zero-order chi connectivity index (χ0) is 11.4. The molecule has 82 valence electrons. The van der Waals surface area contributed by atoms with Gasteiger partial charge in [0.2, 0.25) is 0 Å². The summed E-state index contributed by atoms with van der Waals surface area (Å²) in [5.41, 5.74) is 2.07. The van der Waals surface area contributed by atoms with Crippen LogP contribution in [0, 0.1) is 13.8 Å². The zero-order valence-corrected chi connectivity index (χ0v) is 10.2. The highest BCUT2D eigenvalue weighted by atomic mass is 32.2. The molecule has 0 fully saturated rings. The first kappa shape index (κ1) is 12.1. The van der Waals surface area contributed by atoms with Crippen molar-refractivity contribution in [2.75, 3.05) is 5.75 Å². The molecule has 0 heterocycles. The van der Waals surface area contributed by atoms with Gasteiger partial charge in [-0.2, -0.15) is 0 Å². The third-order valence-corrected chi connectivity index (χ3v) is 3.79. The van der Waals surface area contributed by atoms with Crippen LogP contribution in [-0.4, -0.2) is 15.7 Å². The summed E-state index contributed by atoms with van der Waals surface area (Å²) in [6, 6.07) is 5.82. The molecule has 0 saturated carbocycles. The number of benzene rings is 1. The molecule has 0 aliphatic heterocycles. The van der Waals surface area contributed by atoms with Gasteiger partial charge in [0, 0.05) is 11.3 Å². The molecule has 15 heavy (non-hydrogen) atoms. The van der Waals surface area contributed by atoms with Gasteiger partial charge in [-0.05, 0) is 31.0 Å². The Bertz CT molecular complexity index is 397. The maximum Gasteiger partial charge on any atom is 0.145 e. The van der Waals surface area contributed by atoms with E-state index >= 15 is 0 Å². The summed E-state index contributed by atoms with van der Waals surface area (Å²) in [6.07, 6.45) is 0.455. The second-order valence-electron chi connectivity index (χ2n) is 3.65. The van der Waals surface area contributed by atoms with Crippen LogP contribution >= 0.6 is 0 Å². The highest BCUT2D eigenvalue weighted by Crippen LogP contribution is 2.15. The van der Waals surface area contributed by atoms with Crippen molar-refractivity contribution in [2.45, 2.75) is 32.1 Å². The predicted octanol–water partition coefficient (Wildman–Crippen LogP) is 2.39. The maximum atomic E-state index is 11.9. The van der Waals surface area contributed by atoms with E-state index in [1.807, 2.05) is 32.0 Å². The predicted molar refractivity (Wildman–Crippen MR) is 62.5 cm³/mol. The lowest BCUT2D eigenvalue weighted by Gasteiger charge is -2.05. The van der Waals surface area contributed by atoms with E-state index in [2.05, 4.69) is 0 Å². The smallest absolute Gasteiger partial charge is 0.145 e. The molecule has 0 bridgehead atoms. The van der Waals surface area contributed by atoms with Gasteiger partial charge in [0.05, 0.1) is 16.6 Å². The molecule has 1 aromatic carbocycles. The van der Waals surface area contributed by atoms with Crippen molar-refractivity contribution >= 4 is 16.6 Å². The second kappa shape index (κ2) is 5.21. The number of rotatable bonds is 4. The number of hydrogen-bond acceptors (Lipinski definition) is 2. The van der Waals surface area contributed by atoms with Gasteiger partial charge < -0.3 is 0 Å². The van der Waals surface area contributed by atoms with E-state index in [0.29, 0.717) is 6.42 Å². The number of carbonyl (C=O) groups is 1. The van der Waals surface area contributed by atoms with E-state index in [4.69, 9.17) is 0 Å². The molecule has 1 rings (SSSR count). The molecule has 1 atom stereocenters. The Morgan fingerprint density at radius 1 is 1.33 bits per heavy atom. The molecule has 0 saturated heterocycles. The lowest BCUT2D eigenvalue weighted by atomic mass is 10.2. The van der Waals surface area contributed by atoms with Crippen LogP contribution in [0.4, 0.5) is 0 Å². The summed E-state index contributed by atoms with van der Waals surface area (Å²) in [7, 11) is -1.18. The van der Waals surface area contributed by atoms with Crippen molar-refractivity contribution in [3.05, 3.63) is 29.3 Å². The second-order valence-corrected chi connectivity index (χ2v) is 5.07. The van der Waals surface area contributed by atoms with E-state index in [1.54, 1.807) is 6.92 Å². The highest BCUT2D eigenvalue weighted by molar-refractivity contribution is 7.85. The number of ketones is 1. The summed E-state index contributed by atoms with van der Waals surface area (Å²) in [5.74, 6) is 0.190. The summed E-state index contributed by atoms with van der Waals surface area (Å²) < 4.78 is 11.9. The van der Waals surface area contributed by atoms with Crippen molar-refractivity contribution in [3.63, 3.8) is 0 Å². The van der Waals surface area contributed by atoms with Crippen LogP contribution in [0.2, 0.25) is 0 Å². The van der Waals surface area contributed by atoms with Crippen LogP contribution in [0.5, 0.6) is 0 Å². The van der Waals surface area contributed by atoms with Gasteiger partial charge in [-0.1, -0.05) is 19.1 Å². The monoisotopic (exact) mass is 224 g/mol. The average Bonchev–Trinajstić information content (AvgIpc) is 2.21. The van der Waals surface area contributed by atoms with Crippen molar-refractivity contribution < 1.29 is 9.00 Å². The number of hydrogen-bond donors (Lipinski definition) is 0. The minimum Gasteiger partial charge on any atom is -0.299 e. The highest BCUT2D eigenvalue weighted by Gasteiger charge is 2.10. The first-order valence-electron chi connectivity index (χ1n) is 5.02. The minimum absolute atomic E-state index is 0.0502. The lowest BCUT2D eigenvalue weighted by molar-refractivity contribution is -0.116. The molecule has 0 N–H and O–H groups in total. The van der Waals surface area contributed by atoms with E-state index in [0.717, 1.165) is 16.0 Å². The summed E-state index contributed by atoms with van der Waals surface area (Å²) in [4.78, 5) is 12.0. The van der Waals surface area contributed by atoms with Crippen LogP contribution in [0.3, 0.4) is 0 Å². The third-order valence-electron chi connectivity index (χ3n) is 2.28. The molecule has 1 aromatic rings. The molecule has 0 spiro atoms. The minimum atomic E-state index is -1.18. The van der Waals surface area contributed by atoms with Crippen LogP contribution in [0.25, 0.3) is 0 Å². The quantitative estimate of drug-likeness (QED) is 0.787. The van der Waals surface area contributed by atoms with Gasteiger partial charge in [0.15, 0.2) is 0 Å². The van der Waals surface area contributed by atoms with Crippen molar-refractivity contribution in [3.8, 4) is 0 Å². The Balaban J connectivity index is 2.91. The third kappa shape index (κ3) is 3.27. The topological polar surface area (TPSA) is 34.1 Å². The normalized spacial score (nSPS) is 12.5. The summed E-state index contributed by atoms with van der Waals surface area (Å²) in [5, 5.41) is 0. The van der Waals surface area contributed by atoms with Gasteiger partial charge >= 0.3 is 0 Å². The van der Waals surface area contributed by atoms with Crippen LogP contribution in [0.1, 0.15) is 24.5 Å². The number of carbonyl (C=O) groups excluding carboxylic acids is 1. The molecule has 2 nitrogen and oxygen atoms in total. The Hall–Kier alpha value is -0.960. The van der Waals surface area contributed by atoms with Crippen molar-refractivity contribution in [1.29, 1.82) is 0 Å². The molecular formula is C12H16O2S. The van der Waals surface area contributed by atoms with E-state index < -0.39 is 10.8 Å². The number of Topliss-reactive ketones (excluding diaryl/α,β-unsaturated/α-hetero) is 1. The summed E-state index contributed by atoms with van der Waals surface area (Å²) >= 11 is 0. The molecule has 1 unspecified atom stereocenters. The Labute approximate surface area is 93.2 Å². The van der Waals surface area contributed by atoms with Gasteiger partial charge in [0.25, 0.3) is 0 Å². The maximum absolute atomic E-state index is 11.9. The Morgan fingerprint density at radius 3 is 2.60 bits per heavy atom. The fourth-order valence-corrected chi connectivity index (χ4v) is 2.68. The lowest BCUT2D eigenvalue weighted by Crippen LogP contribution is -2.10. The molecule has 3 heteroatoms. The fourth-order valence-electron chi connectivity index (χ4n) is 1.28. The Kier molecular flexibility index (Phi) is 4.21. The van der Waals surface area contributed by atoms with Gasteiger partial charge in [-0.15, -0.1) is 0 Å². The van der Waals surface area contributed by atoms with Gasteiger partial charge in [-0.3, -0.25) is 9.00 Å². The zero-order valence-electron chi connectivity index (χ0n) is 9.37. The van der Waals surface area contributed by atoms with Crippen molar-refractivity contribution in [2.24, 2.45) is 0 Å². The molecule has 0 amide bonds. The Morgan fingerprint density at radius 2 is 2.00 bits per heavy atom. The van der Waals surface area contributed by atoms with E-state index in [-0.39, 0.29) is 11.5 Å². The van der Waals surface area contributed by atoms with Gasteiger partial charge in [0.1, 0.15) is 5.78 Å². The van der Waals surface area contributed by atoms with Gasteiger partial charge in [-0.25, -0.2) is 0 Å². The molecular weight excluding hydrogens is 208 g/mol. The van der Waals surface area contributed by atoms with E-state index in [9.17, 15) is 9.00 Å². The number of aryl methyl sites for hydroxylation is 2. The molecule has 0 radical (unpaired) electrons.